The van der Waals surface area contributed by atoms with Crippen molar-refractivity contribution in [3.05, 3.63) is 209 Å². The minimum Gasteiger partial charge on any atom is -0.508 e. The van der Waals surface area contributed by atoms with Crippen molar-refractivity contribution in [1.29, 1.82) is 0 Å². The number of phenols is 1. The van der Waals surface area contributed by atoms with Crippen molar-refractivity contribution in [2.24, 2.45) is 17.6 Å². The van der Waals surface area contributed by atoms with Gasteiger partial charge >= 0.3 is 5.97 Å². The van der Waals surface area contributed by atoms with Crippen molar-refractivity contribution in [2.75, 3.05) is 66.4 Å². The molecule has 15 amide bonds. The van der Waals surface area contributed by atoms with Crippen LogP contribution in [0.25, 0.3) is 10.9 Å². The molecule has 1 fully saturated rings. The highest BCUT2D eigenvalue weighted by atomic mass is 32.2. The van der Waals surface area contributed by atoms with Crippen LogP contribution in [0.3, 0.4) is 0 Å². The minimum absolute atomic E-state index is 0.0377. The first-order valence-electron chi connectivity index (χ1n) is 42.5. The third-order valence-corrected chi connectivity index (χ3v) is 23.0. The van der Waals surface area contributed by atoms with E-state index in [0.717, 1.165) is 26.5 Å². The predicted molar refractivity (Wildman–Crippen MR) is 480 cm³/mol. The molecule has 8 rings (SSSR count). The zero-order valence-corrected chi connectivity index (χ0v) is 74.5. The van der Waals surface area contributed by atoms with Crippen molar-refractivity contribution in [2.45, 2.75) is 172 Å². The number of hydrogen-bond acceptors (Lipinski definition) is 18. The Labute approximate surface area is 748 Å². The van der Waals surface area contributed by atoms with E-state index >= 15 is 33.6 Å². The van der Waals surface area contributed by atoms with E-state index in [-0.39, 0.29) is 68.8 Å². The number of amides is 15. The third-order valence-electron chi connectivity index (χ3n) is 22.0. The number of primary amides is 1. The number of fused-ring (bicyclic) bond motifs is 1. The summed E-state index contributed by atoms with van der Waals surface area (Å²) < 4.78 is 0. The molecule has 0 saturated carbocycles. The van der Waals surface area contributed by atoms with E-state index < -0.39 is 199 Å². The predicted octanol–water partition coefficient (Wildman–Crippen LogP) is 2.62. The lowest BCUT2D eigenvalue weighted by Gasteiger charge is -2.37. The molecule has 2 heterocycles. The number of likely N-dealkylation sites (N-methyl/N-ethyl adjacent to an activating group) is 5. The zero-order chi connectivity index (χ0) is 93.4. The molecule has 7 aromatic rings. The lowest BCUT2D eigenvalue weighted by Crippen LogP contribution is -2.61. The lowest BCUT2D eigenvalue weighted by atomic mass is 9.98. The zero-order valence-electron chi connectivity index (χ0n) is 73.7. The number of nitrogens with two attached hydrogens (primary N) is 1. The smallest absolute Gasteiger partial charge is 0.305 e. The summed E-state index contributed by atoms with van der Waals surface area (Å²) in [5.74, 6) is -17.0. The number of phenolic OH excluding ortho intramolecular Hbond substituents is 1. The van der Waals surface area contributed by atoms with Gasteiger partial charge in [0.05, 0.1) is 31.8 Å². The molecule has 684 valence electrons. The monoisotopic (exact) mass is 1780 g/mol. The molecule has 34 nitrogen and oxygen atoms in total. The lowest BCUT2D eigenvalue weighted by molar-refractivity contribution is -0.151. The second kappa shape index (κ2) is 48.9. The molecule has 1 aliphatic heterocycles. The number of rotatable bonds is 23. The van der Waals surface area contributed by atoms with E-state index in [4.69, 9.17) is 5.73 Å². The Balaban J connectivity index is 1.21. The quantitative estimate of drug-likeness (QED) is 0.0438. The Kier molecular flexibility index (Phi) is 38.2. The van der Waals surface area contributed by atoms with Gasteiger partial charge in [0, 0.05) is 96.6 Å². The maximum absolute atomic E-state index is 15.5. The number of nitrogens with zero attached hydrogens (tertiary/aromatic N) is 5. The van der Waals surface area contributed by atoms with E-state index in [2.05, 4.69) is 52.8 Å². The number of carbonyl (C=O) groups is 16. The van der Waals surface area contributed by atoms with Crippen molar-refractivity contribution >= 4 is 117 Å². The first kappa shape index (κ1) is 99.9. The fourth-order valence-corrected chi connectivity index (χ4v) is 15.8. The Bertz CT molecular complexity index is 5010. The third kappa shape index (κ3) is 30.1. The van der Waals surface area contributed by atoms with Crippen LogP contribution in [0.1, 0.15) is 100 Å². The highest BCUT2D eigenvalue weighted by Gasteiger charge is 2.42. The first-order chi connectivity index (χ1) is 61.0. The number of hydrogen-bond donors (Lipinski definition) is 13. The van der Waals surface area contributed by atoms with Crippen LogP contribution in [0.2, 0.25) is 0 Å². The number of unbranched alkanes of at least 4 members (excludes halogenated alkanes) is 1. The molecule has 14 N–H and O–H groups in total. The number of carboxylic acid groups (broad SMARTS) is 1. The standard InChI is InChI=1S/C93H118N16O18S/c1-11-12-37-74-91(125)106(7)53-79(113)98-70(49-81(115)116)87(121)104-82(57(4)5)93(127)108(9)75(46-60-31-21-15-22-32-60)88(122)102-71(44-58-27-17-13-18-28-58)89(123)105(6)52-78(112)97-69(48-63-50-95-66-36-26-25-35-65(63)66)86(120)101-68(43-62-38-40-64(110)41-39-62)85(119)100-67(42-56(2)3)84(118)103-73(83(117)96-51-77(94)111)54-128-55-80(114)99-72(45-59-29-19-14-20-30-59)90(124)109(10)76(92(126)107(74)8)47-61-33-23-16-24-34-61/h13-36,38-41,50,56-57,67-76,82,95,110H,11-12,37,42-49,51-55H2,1-10H3,(H2,94,111)(H,96,117)(H,97,112)(H,98,113)(H,99,114)(H,100,119)(H,101,120)(H,102,122)(H,103,118)(H,104,121)(H,115,116)/t67-,68-,69-,70-,71-,72-,73-,74-,75-,76-,82-/m0/s1. The molecule has 11 atom stereocenters. The van der Waals surface area contributed by atoms with Crippen molar-refractivity contribution in [3.8, 4) is 5.75 Å². The summed E-state index contributed by atoms with van der Waals surface area (Å²) in [5, 5.41) is 45.4. The van der Waals surface area contributed by atoms with Gasteiger partial charge in [-0.05, 0) is 76.3 Å². The number of nitrogens with one attached hydrogen (secondary N) is 10. The van der Waals surface area contributed by atoms with Gasteiger partial charge < -0.3 is 93.3 Å². The Hall–Kier alpha value is -13.5. The molecule has 0 unspecified atom stereocenters. The molecule has 35 heteroatoms. The van der Waals surface area contributed by atoms with Gasteiger partial charge in [-0.25, -0.2) is 0 Å². The molecular formula is C93H118N16O18S. The highest BCUT2D eigenvalue weighted by molar-refractivity contribution is 8.00. The summed E-state index contributed by atoms with van der Waals surface area (Å²) in [4.78, 5) is 243. The topological polar surface area (TPSA) is 480 Å². The van der Waals surface area contributed by atoms with Gasteiger partial charge in [-0.2, -0.15) is 0 Å². The molecular weight excluding hydrogens is 1660 g/mol. The number of para-hydroxylation sites is 1. The van der Waals surface area contributed by atoms with Crippen LogP contribution < -0.4 is 53.6 Å². The summed E-state index contributed by atoms with van der Waals surface area (Å²) in [7, 11) is 6.62. The number of benzene rings is 6. The molecule has 128 heavy (non-hydrogen) atoms. The van der Waals surface area contributed by atoms with E-state index in [1.54, 1.807) is 179 Å². The van der Waals surface area contributed by atoms with Crippen LogP contribution in [0.5, 0.6) is 5.75 Å². The van der Waals surface area contributed by atoms with Gasteiger partial charge in [0.1, 0.15) is 72.2 Å². The molecule has 6 aromatic carbocycles. The van der Waals surface area contributed by atoms with Crippen molar-refractivity contribution in [1.82, 2.24) is 77.3 Å². The fraction of sp³-hybridized carbons (Fsp3) is 0.419. The number of aromatic nitrogens is 1. The van der Waals surface area contributed by atoms with Gasteiger partial charge in [-0.3, -0.25) is 76.7 Å². The van der Waals surface area contributed by atoms with Crippen LogP contribution in [0.15, 0.2) is 176 Å². The van der Waals surface area contributed by atoms with E-state index in [1.807, 2.05) is 6.92 Å². The molecule has 0 radical (unpaired) electrons. The maximum Gasteiger partial charge on any atom is 0.305 e. The fourth-order valence-electron chi connectivity index (χ4n) is 14.9. The second-order valence-electron chi connectivity index (χ2n) is 32.9. The van der Waals surface area contributed by atoms with Crippen LogP contribution in [-0.2, 0) is 115 Å². The van der Waals surface area contributed by atoms with Gasteiger partial charge in [-0.15, -0.1) is 11.8 Å². The average molecular weight is 1780 g/mol. The summed E-state index contributed by atoms with van der Waals surface area (Å²) in [5.41, 5.74) is 9.35. The largest absolute Gasteiger partial charge is 0.508 e. The Morgan fingerprint density at radius 3 is 1.45 bits per heavy atom. The molecule has 1 saturated heterocycles. The van der Waals surface area contributed by atoms with Gasteiger partial charge in [-0.1, -0.05) is 199 Å². The molecule has 1 aliphatic rings. The first-order valence-corrected chi connectivity index (χ1v) is 43.7. The van der Waals surface area contributed by atoms with Crippen molar-refractivity contribution in [3.63, 3.8) is 0 Å². The number of thioether (sulfide) groups is 1. The number of aliphatic carboxylic acids is 1. The summed E-state index contributed by atoms with van der Waals surface area (Å²) in [6, 6.07) is 30.6. The van der Waals surface area contributed by atoms with E-state index in [0.29, 0.717) is 57.1 Å². The molecule has 0 aliphatic carbocycles. The van der Waals surface area contributed by atoms with Crippen LogP contribution >= 0.6 is 11.8 Å². The second-order valence-corrected chi connectivity index (χ2v) is 33.9. The minimum atomic E-state index is -1.89. The van der Waals surface area contributed by atoms with Crippen LogP contribution in [0.4, 0.5) is 0 Å². The highest BCUT2D eigenvalue weighted by Crippen LogP contribution is 2.24. The van der Waals surface area contributed by atoms with E-state index in [9.17, 15) is 53.4 Å². The van der Waals surface area contributed by atoms with E-state index in [1.165, 1.54) is 69.3 Å². The number of aromatic amines is 1. The van der Waals surface area contributed by atoms with Crippen LogP contribution in [-0.4, -0.2) is 267 Å². The normalized spacial score (nSPS) is 22.0. The summed E-state index contributed by atoms with van der Waals surface area (Å²) in [6.45, 7) is 6.28. The number of carbonyl (C=O) groups excluding carboxylic acids is 15. The number of carboxylic acids is 1. The Morgan fingerprint density at radius 2 is 0.906 bits per heavy atom. The van der Waals surface area contributed by atoms with Crippen molar-refractivity contribution < 1.29 is 86.9 Å². The van der Waals surface area contributed by atoms with Gasteiger partial charge in [0.15, 0.2) is 0 Å². The van der Waals surface area contributed by atoms with Gasteiger partial charge in [0.25, 0.3) is 0 Å². The average Bonchev–Trinajstić information content (AvgIpc) is 1.29. The molecule has 1 aromatic heterocycles. The summed E-state index contributed by atoms with van der Waals surface area (Å²) in [6.07, 6.45) is 0.345. The molecule has 0 bridgehead atoms. The Morgan fingerprint density at radius 1 is 0.461 bits per heavy atom. The number of aromatic hydroxyl groups is 1. The molecule has 0 spiro atoms. The SMILES string of the molecule is CCCC[C@H]1C(=O)N(C)CC(=O)N[C@@H](CC(=O)O)C(=O)N[C@@H](C(C)C)C(=O)N(C)[C@@H](Cc2ccccc2)C(=O)N[C@@H](Cc2ccccc2)C(=O)N(C)CC(=O)N[C@@H](Cc2c[nH]c3ccccc23)C(=O)N[C@@H](Cc2ccc(O)cc2)C(=O)N[C@@H](CC(C)C)C(=O)N[C@H](C(=O)NCC(N)=O)CSCC(=O)N[C@@H](Cc2ccccc2)C(=O)N(C)[C@@H](Cc2ccccc2)C(=O)N1C. The number of H-pyrrole nitrogens is 1. The summed E-state index contributed by atoms with van der Waals surface area (Å²) >= 11 is 0.836. The van der Waals surface area contributed by atoms with Crippen LogP contribution in [0, 0.1) is 11.8 Å². The van der Waals surface area contributed by atoms with Gasteiger partial charge in [0.2, 0.25) is 88.6 Å². The maximum atomic E-state index is 15.5.